The Morgan fingerprint density at radius 2 is 2.11 bits per heavy atom. The van der Waals surface area contributed by atoms with E-state index in [9.17, 15) is 10.1 Å². The second kappa shape index (κ2) is 11.0. The Morgan fingerprint density at radius 3 is 2.84 bits per heavy atom. The summed E-state index contributed by atoms with van der Waals surface area (Å²) in [5.41, 5.74) is 14.4. The highest BCUT2D eigenvalue weighted by atomic mass is 32.1. The molecule has 2 atom stereocenters. The first-order chi connectivity index (χ1) is 17.9. The number of nitrogen functional groups attached to an aromatic ring is 1. The summed E-state index contributed by atoms with van der Waals surface area (Å²) in [5.74, 6) is 0.553. The molecule has 0 spiro atoms. The molecule has 5 rings (SSSR count). The number of fused-ring (bicyclic) bond motifs is 1. The van der Waals surface area contributed by atoms with Crippen LogP contribution in [-0.2, 0) is 6.42 Å². The lowest BCUT2D eigenvalue weighted by Gasteiger charge is -2.28. The number of nitrogens with one attached hydrogen (secondary N) is 1. The molecule has 2 aromatic heterocycles. The van der Waals surface area contributed by atoms with E-state index < -0.39 is 0 Å². The van der Waals surface area contributed by atoms with Crippen molar-refractivity contribution in [2.24, 2.45) is 5.73 Å². The van der Waals surface area contributed by atoms with Gasteiger partial charge in [0.05, 0.1) is 5.56 Å². The van der Waals surface area contributed by atoms with E-state index in [-0.39, 0.29) is 17.5 Å². The Balaban J connectivity index is 1.42. The molecule has 2 unspecified atom stereocenters. The number of likely N-dealkylation sites (N-methyl/N-ethyl adjacent to an activating group) is 1. The molecule has 0 radical (unpaired) electrons. The van der Waals surface area contributed by atoms with Gasteiger partial charge in [-0.3, -0.25) is 4.79 Å². The van der Waals surface area contributed by atoms with Gasteiger partial charge in [-0.15, -0.1) is 11.3 Å². The van der Waals surface area contributed by atoms with Crippen LogP contribution in [0.5, 0.6) is 5.88 Å². The number of carbonyl (C=O) groups excluding carboxylic acids is 1. The summed E-state index contributed by atoms with van der Waals surface area (Å²) >= 11 is 1.45. The molecule has 2 aliphatic heterocycles. The fraction of sp³-hybridized carbons (Fsp3) is 0.538. The van der Waals surface area contributed by atoms with Gasteiger partial charge in [0.15, 0.2) is 0 Å². The molecule has 0 saturated carbocycles. The predicted molar refractivity (Wildman–Crippen MR) is 144 cm³/mol. The molecule has 2 fully saturated rings. The number of allylic oxidation sites excluding steroid dienone is 2. The molecule has 11 heteroatoms. The number of aryl methyl sites for hydroxylation is 1. The Labute approximate surface area is 221 Å². The van der Waals surface area contributed by atoms with E-state index in [1.165, 1.54) is 17.4 Å². The lowest BCUT2D eigenvalue weighted by Crippen LogP contribution is -2.44. The summed E-state index contributed by atoms with van der Waals surface area (Å²) in [6.45, 7) is 4.84. The lowest BCUT2D eigenvalue weighted by molar-refractivity contribution is 0.103. The number of hydrogen-bond acceptors (Lipinski definition) is 11. The molecule has 5 N–H and O–H groups in total. The molecule has 2 aromatic rings. The van der Waals surface area contributed by atoms with Crippen molar-refractivity contribution in [3.63, 3.8) is 0 Å². The minimum atomic E-state index is -0.369. The summed E-state index contributed by atoms with van der Waals surface area (Å²) in [4.78, 5) is 28.0. The van der Waals surface area contributed by atoms with Crippen molar-refractivity contribution in [1.29, 1.82) is 5.26 Å². The molecule has 2 saturated heterocycles. The predicted octanol–water partition coefficient (Wildman–Crippen LogP) is 2.02. The minimum absolute atomic E-state index is 0.0649. The van der Waals surface area contributed by atoms with E-state index in [4.69, 9.17) is 16.2 Å². The SMILES string of the molecule is CN1CCCC1COc1cc(N2CCNCC2)nc(C(=O)/C=C(\N)C2CCCc3sc(N)c(C#N)c32)n1. The fourth-order valence-electron chi connectivity index (χ4n) is 5.47. The van der Waals surface area contributed by atoms with Crippen LogP contribution < -0.4 is 26.4 Å². The Hall–Kier alpha value is -3.20. The molecule has 10 nitrogen and oxygen atoms in total. The fourth-order valence-corrected chi connectivity index (χ4v) is 6.59. The number of nitriles is 1. The molecule has 37 heavy (non-hydrogen) atoms. The van der Waals surface area contributed by atoms with E-state index in [2.05, 4.69) is 38.2 Å². The second-order valence-corrected chi connectivity index (χ2v) is 11.1. The maximum absolute atomic E-state index is 13.4. The van der Waals surface area contributed by atoms with E-state index in [1.807, 2.05) is 6.07 Å². The molecule has 3 aliphatic rings. The van der Waals surface area contributed by atoms with E-state index >= 15 is 0 Å². The van der Waals surface area contributed by atoms with Gasteiger partial charge < -0.3 is 31.3 Å². The summed E-state index contributed by atoms with van der Waals surface area (Å²) in [5, 5.41) is 13.5. The smallest absolute Gasteiger partial charge is 0.224 e. The van der Waals surface area contributed by atoms with Gasteiger partial charge in [-0.1, -0.05) is 0 Å². The number of rotatable bonds is 7. The zero-order valence-electron chi connectivity index (χ0n) is 21.2. The number of carbonyl (C=O) groups is 1. The Kier molecular flexibility index (Phi) is 7.60. The van der Waals surface area contributed by atoms with Crippen LogP contribution in [-0.4, -0.2) is 73.1 Å². The number of aromatic nitrogens is 2. The molecular formula is C26H34N8O2S. The maximum atomic E-state index is 13.4. The first kappa shape index (κ1) is 25.4. The summed E-state index contributed by atoms with van der Waals surface area (Å²) in [6, 6.07) is 4.38. The quantitative estimate of drug-likeness (QED) is 0.364. The van der Waals surface area contributed by atoms with Crippen molar-refractivity contribution < 1.29 is 9.53 Å². The van der Waals surface area contributed by atoms with E-state index in [1.54, 1.807) is 0 Å². The highest BCUT2D eigenvalue weighted by Crippen LogP contribution is 2.44. The molecular weight excluding hydrogens is 488 g/mol. The highest BCUT2D eigenvalue weighted by molar-refractivity contribution is 7.16. The number of ether oxygens (including phenoxy) is 1. The van der Waals surface area contributed by atoms with Gasteiger partial charge in [0.25, 0.3) is 0 Å². The van der Waals surface area contributed by atoms with Gasteiger partial charge in [-0.25, -0.2) is 4.98 Å². The largest absolute Gasteiger partial charge is 0.476 e. The number of anilines is 2. The third-order valence-electron chi connectivity index (χ3n) is 7.55. The third-order valence-corrected chi connectivity index (χ3v) is 8.65. The van der Waals surface area contributed by atoms with Crippen LogP contribution in [0.1, 0.15) is 58.2 Å². The van der Waals surface area contributed by atoms with E-state index in [0.29, 0.717) is 40.6 Å². The van der Waals surface area contributed by atoms with Gasteiger partial charge in [0.1, 0.15) is 23.5 Å². The van der Waals surface area contributed by atoms with Gasteiger partial charge in [0.2, 0.25) is 17.5 Å². The Bertz CT molecular complexity index is 1230. The van der Waals surface area contributed by atoms with Gasteiger partial charge in [0, 0.05) is 60.9 Å². The summed E-state index contributed by atoms with van der Waals surface area (Å²) in [7, 11) is 2.10. The van der Waals surface area contributed by atoms with Crippen molar-refractivity contribution in [3.05, 3.63) is 39.7 Å². The zero-order chi connectivity index (χ0) is 25.9. The number of hydrogen-bond donors (Lipinski definition) is 3. The molecule has 0 bridgehead atoms. The van der Waals surface area contributed by atoms with Crippen molar-refractivity contribution >= 4 is 27.9 Å². The van der Waals surface area contributed by atoms with Crippen LogP contribution in [0.4, 0.5) is 10.8 Å². The average Bonchev–Trinajstić information content (AvgIpc) is 3.48. The first-order valence-corrected chi connectivity index (χ1v) is 13.8. The molecule has 0 amide bonds. The summed E-state index contributed by atoms with van der Waals surface area (Å²) < 4.78 is 6.10. The molecule has 4 heterocycles. The van der Waals surface area contributed by atoms with Crippen LogP contribution >= 0.6 is 11.3 Å². The van der Waals surface area contributed by atoms with Crippen LogP contribution in [0, 0.1) is 11.3 Å². The standard InChI is InChI=1S/C26H34N8O2S/c1-33-9-3-4-16(33)15-36-23-13-22(34-10-7-30-8-11-34)31-26(32-23)20(35)12-19(28)17-5-2-6-21-24(17)18(14-27)25(29)37-21/h12-13,16-17,30H,2-11,15,28-29H2,1H3/b19-12-. The van der Waals surface area contributed by atoms with Gasteiger partial charge >= 0.3 is 0 Å². The zero-order valence-corrected chi connectivity index (χ0v) is 22.0. The topological polar surface area (TPSA) is 146 Å². The van der Waals surface area contributed by atoms with Crippen LogP contribution in [0.25, 0.3) is 0 Å². The second-order valence-electron chi connectivity index (χ2n) is 9.96. The van der Waals surface area contributed by atoms with Crippen molar-refractivity contribution in [1.82, 2.24) is 20.2 Å². The minimum Gasteiger partial charge on any atom is -0.476 e. The number of ketones is 1. The maximum Gasteiger partial charge on any atom is 0.224 e. The van der Waals surface area contributed by atoms with Crippen LogP contribution in [0.15, 0.2) is 17.8 Å². The highest BCUT2D eigenvalue weighted by Gasteiger charge is 2.30. The number of thiophene rings is 1. The van der Waals surface area contributed by atoms with Crippen LogP contribution in [0.2, 0.25) is 0 Å². The Morgan fingerprint density at radius 1 is 1.30 bits per heavy atom. The molecule has 196 valence electrons. The monoisotopic (exact) mass is 522 g/mol. The average molecular weight is 523 g/mol. The van der Waals surface area contributed by atoms with Crippen molar-refractivity contribution in [2.75, 3.05) is 57.0 Å². The van der Waals surface area contributed by atoms with Gasteiger partial charge in [-0.05, 0) is 51.3 Å². The van der Waals surface area contributed by atoms with Crippen LogP contribution in [0.3, 0.4) is 0 Å². The first-order valence-electron chi connectivity index (χ1n) is 12.9. The summed E-state index contributed by atoms with van der Waals surface area (Å²) in [6.07, 6.45) is 6.21. The number of likely N-dealkylation sites (tertiary alicyclic amines) is 1. The van der Waals surface area contributed by atoms with Crippen molar-refractivity contribution in [2.45, 2.75) is 44.1 Å². The molecule has 1 aliphatic carbocycles. The number of piperazine rings is 1. The number of nitrogens with two attached hydrogens (primary N) is 2. The molecule has 0 aromatic carbocycles. The van der Waals surface area contributed by atoms with E-state index in [0.717, 1.165) is 75.3 Å². The van der Waals surface area contributed by atoms with Gasteiger partial charge in [-0.2, -0.15) is 10.2 Å². The van der Waals surface area contributed by atoms with Crippen molar-refractivity contribution in [3.8, 4) is 11.9 Å². The third kappa shape index (κ3) is 5.42. The normalized spacial score (nSPS) is 22.5. The number of nitrogens with zero attached hydrogens (tertiary/aromatic N) is 5. The lowest BCUT2D eigenvalue weighted by atomic mass is 9.83.